The smallest absolute Gasteiger partial charge is 0.256 e. The van der Waals surface area contributed by atoms with E-state index in [1.54, 1.807) is 30.1 Å². The van der Waals surface area contributed by atoms with E-state index in [1.807, 2.05) is 56.4 Å². The van der Waals surface area contributed by atoms with E-state index in [0.29, 0.717) is 19.6 Å². The van der Waals surface area contributed by atoms with Crippen LogP contribution in [0.4, 0.5) is 0 Å². The minimum absolute atomic E-state index is 0.0520. The van der Waals surface area contributed by atoms with E-state index < -0.39 is 5.60 Å². The van der Waals surface area contributed by atoms with Crippen LogP contribution in [0.15, 0.2) is 48.8 Å². The molecule has 1 aliphatic heterocycles. The molecule has 0 unspecified atom stereocenters. The molecule has 1 aromatic carbocycles. The number of pyridine rings is 1. The molecule has 0 aliphatic carbocycles. The fourth-order valence-electron chi connectivity index (χ4n) is 3.74. The third-order valence-corrected chi connectivity index (χ3v) is 5.23. The van der Waals surface area contributed by atoms with Crippen LogP contribution in [0.5, 0.6) is 0 Å². The Bertz CT molecular complexity index is 849. The molecule has 29 heavy (non-hydrogen) atoms. The van der Waals surface area contributed by atoms with Crippen LogP contribution in [0.1, 0.15) is 19.4 Å². The molecule has 2 aromatic rings. The maximum absolute atomic E-state index is 13.1. The molecule has 6 nitrogen and oxygen atoms in total. The Morgan fingerprint density at radius 1 is 1.17 bits per heavy atom. The number of aromatic nitrogens is 1. The maximum atomic E-state index is 13.1. The number of carbonyl (C=O) groups excluding carboxylic acids is 2. The lowest BCUT2D eigenvalue weighted by molar-refractivity contribution is -0.173. The highest BCUT2D eigenvalue weighted by atomic mass is 16.5. The fourth-order valence-corrected chi connectivity index (χ4v) is 3.74. The number of rotatable bonds is 5. The van der Waals surface area contributed by atoms with Crippen LogP contribution in [-0.2, 0) is 20.7 Å². The molecule has 1 aromatic heterocycles. The van der Waals surface area contributed by atoms with Gasteiger partial charge in [0.1, 0.15) is 0 Å². The molecule has 1 atom stereocenters. The largest absolute Gasteiger partial charge is 0.361 e. The maximum Gasteiger partial charge on any atom is 0.256 e. The highest BCUT2D eigenvalue weighted by Gasteiger charge is 2.46. The van der Waals surface area contributed by atoms with E-state index in [4.69, 9.17) is 4.74 Å². The molecule has 0 bridgehead atoms. The van der Waals surface area contributed by atoms with Crippen molar-refractivity contribution < 1.29 is 14.3 Å². The summed E-state index contributed by atoms with van der Waals surface area (Å²) in [5.41, 5.74) is 2.03. The molecule has 2 amide bonds. The van der Waals surface area contributed by atoms with Gasteiger partial charge in [0.05, 0.1) is 13.2 Å². The van der Waals surface area contributed by atoms with E-state index in [-0.39, 0.29) is 24.3 Å². The number of hydrogen-bond acceptors (Lipinski definition) is 4. The highest BCUT2D eigenvalue weighted by molar-refractivity contribution is 5.87. The Hall–Kier alpha value is -2.73. The van der Waals surface area contributed by atoms with Crippen molar-refractivity contribution in [3.05, 3.63) is 54.4 Å². The average molecular weight is 396 g/mol. The van der Waals surface area contributed by atoms with Crippen molar-refractivity contribution in [3.63, 3.8) is 0 Å². The van der Waals surface area contributed by atoms with Gasteiger partial charge < -0.3 is 14.5 Å². The van der Waals surface area contributed by atoms with Gasteiger partial charge in [-0.2, -0.15) is 0 Å². The van der Waals surface area contributed by atoms with Gasteiger partial charge in [0.25, 0.3) is 5.91 Å². The number of benzene rings is 1. The molecule has 0 spiro atoms. The van der Waals surface area contributed by atoms with Crippen LogP contribution >= 0.6 is 0 Å². The molecule has 0 N–H and O–H groups in total. The van der Waals surface area contributed by atoms with Crippen LogP contribution in [-0.4, -0.2) is 66.0 Å². The van der Waals surface area contributed by atoms with Gasteiger partial charge in [-0.3, -0.25) is 14.6 Å². The van der Waals surface area contributed by atoms with Gasteiger partial charge in [-0.05, 0) is 22.8 Å². The minimum atomic E-state index is -1.07. The molecule has 1 aliphatic rings. The van der Waals surface area contributed by atoms with Crippen LogP contribution < -0.4 is 0 Å². The van der Waals surface area contributed by atoms with E-state index in [0.717, 1.165) is 16.7 Å². The van der Waals surface area contributed by atoms with Gasteiger partial charge in [-0.1, -0.05) is 44.2 Å². The predicted octanol–water partition coefficient (Wildman–Crippen LogP) is 2.63. The van der Waals surface area contributed by atoms with Crippen molar-refractivity contribution in [1.29, 1.82) is 0 Å². The number of carbonyl (C=O) groups is 2. The zero-order valence-electron chi connectivity index (χ0n) is 17.6. The lowest BCUT2D eigenvalue weighted by Gasteiger charge is -2.43. The van der Waals surface area contributed by atoms with E-state index >= 15 is 0 Å². The normalized spacial score (nSPS) is 19.3. The summed E-state index contributed by atoms with van der Waals surface area (Å²) in [5.74, 6) is -0.176. The van der Waals surface area contributed by atoms with E-state index in [1.165, 1.54) is 0 Å². The quantitative estimate of drug-likeness (QED) is 0.781. The Kier molecular flexibility index (Phi) is 6.33. The van der Waals surface area contributed by atoms with Crippen molar-refractivity contribution >= 4 is 11.8 Å². The first-order chi connectivity index (χ1) is 13.8. The molecular weight excluding hydrogens is 366 g/mol. The zero-order chi connectivity index (χ0) is 21.0. The lowest BCUT2D eigenvalue weighted by Crippen LogP contribution is -2.62. The predicted molar refractivity (Wildman–Crippen MR) is 112 cm³/mol. The number of nitrogens with zero attached hydrogens (tertiary/aromatic N) is 3. The second-order valence-electron chi connectivity index (χ2n) is 8.07. The Balaban J connectivity index is 1.86. The first kappa shape index (κ1) is 21.0. The Morgan fingerprint density at radius 2 is 1.90 bits per heavy atom. The molecule has 0 saturated carbocycles. The van der Waals surface area contributed by atoms with Crippen LogP contribution in [0.25, 0.3) is 11.1 Å². The SMILES string of the molecule is CC(C)C(=O)N1CCO[C@](Cc2ccc(-c3cccnc3)cc2)(C(=O)N(C)C)C1. The molecule has 6 heteroatoms. The highest BCUT2D eigenvalue weighted by Crippen LogP contribution is 2.28. The molecule has 1 fully saturated rings. The monoisotopic (exact) mass is 395 g/mol. The number of likely N-dealkylation sites (N-methyl/N-ethyl adjacent to an activating group) is 1. The van der Waals surface area contributed by atoms with Crippen molar-refractivity contribution in [3.8, 4) is 11.1 Å². The summed E-state index contributed by atoms with van der Waals surface area (Å²) in [6, 6.07) is 12.0. The van der Waals surface area contributed by atoms with Crippen molar-refractivity contribution in [1.82, 2.24) is 14.8 Å². The number of ether oxygens (including phenoxy) is 1. The summed E-state index contributed by atoms with van der Waals surface area (Å²) >= 11 is 0. The number of morpholine rings is 1. The van der Waals surface area contributed by atoms with Gasteiger partial charge in [0.15, 0.2) is 5.60 Å². The topological polar surface area (TPSA) is 62.7 Å². The van der Waals surface area contributed by atoms with Gasteiger partial charge in [-0.15, -0.1) is 0 Å². The zero-order valence-corrected chi connectivity index (χ0v) is 17.6. The molecule has 154 valence electrons. The third kappa shape index (κ3) is 4.65. The standard InChI is InChI=1S/C23H29N3O3/c1-17(2)21(27)26-12-13-29-23(16-26,22(28)25(3)4)14-18-7-9-19(10-8-18)20-6-5-11-24-15-20/h5-11,15,17H,12-14,16H2,1-4H3/t23-/m0/s1. The molecule has 1 saturated heterocycles. The van der Waals surface area contributed by atoms with Crippen LogP contribution in [0.2, 0.25) is 0 Å². The van der Waals surface area contributed by atoms with Crippen LogP contribution in [0, 0.1) is 5.92 Å². The summed E-state index contributed by atoms with van der Waals surface area (Å²) in [7, 11) is 3.45. The summed E-state index contributed by atoms with van der Waals surface area (Å²) in [6.07, 6.45) is 3.99. The van der Waals surface area contributed by atoms with Crippen molar-refractivity contribution in [2.75, 3.05) is 33.8 Å². The molecule has 0 radical (unpaired) electrons. The van der Waals surface area contributed by atoms with Gasteiger partial charge in [-0.25, -0.2) is 0 Å². The Morgan fingerprint density at radius 3 is 2.48 bits per heavy atom. The second-order valence-corrected chi connectivity index (χ2v) is 8.07. The summed E-state index contributed by atoms with van der Waals surface area (Å²) in [6.45, 7) is 4.89. The Labute approximate surface area is 172 Å². The lowest BCUT2D eigenvalue weighted by atomic mass is 9.89. The number of hydrogen-bond donors (Lipinski definition) is 0. The van der Waals surface area contributed by atoms with E-state index in [9.17, 15) is 9.59 Å². The molecule has 3 rings (SSSR count). The second kappa shape index (κ2) is 8.74. The molecule has 2 heterocycles. The number of amides is 2. The van der Waals surface area contributed by atoms with Gasteiger partial charge in [0.2, 0.25) is 5.91 Å². The average Bonchev–Trinajstić information content (AvgIpc) is 2.73. The minimum Gasteiger partial charge on any atom is -0.361 e. The summed E-state index contributed by atoms with van der Waals surface area (Å²) in [5, 5.41) is 0. The van der Waals surface area contributed by atoms with Crippen molar-refractivity contribution in [2.24, 2.45) is 5.92 Å². The molecular formula is C23H29N3O3. The third-order valence-electron chi connectivity index (χ3n) is 5.23. The summed E-state index contributed by atoms with van der Waals surface area (Å²) in [4.78, 5) is 33.2. The summed E-state index contributed by atoms with van der Waals surface area (Å²) < 4.78 is 6.07. The van der Waals surface area contributed by atoms with Gasteiger partial charge in [0, 0.05) is 45.4 Å². The van der Waals surface area contributed by atoms with Gasteiger partial charge >= 0.3 is 0 Å². The first-order valence-corrected chi connectivity index (χ1v) is 9.96. The fraction of sp³-hybridized carbons (Fsp3) is 0.435. The van der Waals surface area contributed by atoms with Crippen LogP contribution in [0.3, 0.4) is 0 Å². The first-order valence-electron chi connectivity index (χ1n) is 9.96. The van der Waals surface area contributed by atoms with Crippen molar-refractivity contribution in [2.45, 2.75) is 25.9 Å². The van der Waals surface area contributed by atoms with E-state index in [2.05, 4.69) is 4.98 Å².